The quantitative estimate of drug-likeness (QED) is 0.702. The molecule has 3 aromatic rings. The van der Waals surface area contributed by atoms with Gasteiger partial charge in [0.2, 0.25) is 5.91 Å². The number of thiophene rings is 1. The maximum absolute atomic E-state index is 11.9. The molecule has 0 saturated carbocycles. The molecule has 0 radical (unpaired) electrons. The number of hydrogen-bond acceptors (Lipinski definition) is 4. The lowest BCUT2D eigenvalue weighted by atomic mass is 10.2. The molecular formula is C19H17N3O3S. The monoisotopic (exact) mass is 367 g/mol. The summed E-state index contributed by atoms with van der Waals surface area (Å²) in [5.41, 5.74) is 2.06. The third-order valence-corrected chi connectivity index (χ3v) is 4.37. The Morgan fingerprint density at radius 2 is 1.85 bits per heavy atom. The lowest BCUT2D eigenvalue weighted by molar-refractivity contribution is -0.115. The minimum absolute atomic E-state index is 0.0637. The van der Waals surface area contributed by atoms with Crippen molar-refractivity contribution in [1.82, 2.24) is 9.88 Å². The SMILES string of the molecule is O=C(CNC(=O)c1ccsc1)Nc1ccc(Cn2ccccc2=O)cc1. The van der Waals surface area contributed by atoms with Crippen LogP contribution in [0.15, 0.2) is 70.3 Å². The summed E-state index contributed by atoms with van der Waals surface area (Å²) >= 11 is 1.42. The molecular weight excluding hydrogens is 350 g/mol. The van der Waals surface area contributed by atoms with Crippen LogP contribution in [0.4, 0.5) is 5.69 Å². The maximum atomic E-state index is 11.9. The van der Waals surface area contributed by atoms with Crippen LogP contribution in [0.5, 0.6) is 0 Å². The van der Waals surface area contributed by atoms with Crippen LogP contribution in [0.1, 0.15) is 15.9 Å². The van der Waals surface area contributed by atoms with Crippen molar-refractivity contribution >= 4 is 28.8 Å². The predicted molar refractivity (Wildman–Crippen MR) is 102 cm³/mol. The summed E-state index contributed by atoms with van der Waals surface area (Å²) in [6.45, 7) is 0.362. The third-order valence-electron chi connectivity index (χ3n) is 3.68. The Bertz CT molecular complexity index is 947. The highest BCUT2D eigenvalue weighted by Crippen LogP contribution is 2.10. The number of anilines is 1. The van der Waals surface area contributed by atoms with E-state index in [-0.39, 0.29) is 23.9 Å². The van der Waals surface area contributed by atoms with E-state index in [1.54, 1.807) is 51.9 Å². The van der Waals surface area contributed by atoms with E-state index in [4.69, 9.17) is 0 Å². The van der Waals surface area contributed by atoms with Crippen molar-refractivity contribution in [3.63, 3.8) is 0 Å². The molecule has 0 aliphatic heterocycles. The molecule has 132 valence electrons. The van der Waals surface area contributed by atoms with E-state index in [1.165, 1.54) is 17.4 Å². The number of amides is 2. The maximum Gasteiger partial charge on any atom is 0.252 e. The van der Waals surface area contributed by atoms with Gasteiger partial charge < -0.3 is 15.2 Å². The average molecular weight is 367 g/mol. The molecule has 0 fully saturated rings. The van der Waals surface area contributed by atoms with E-state index in [2.05, 4.69) is 10.6 Å². The van der Waals surface area contributed by atoms with Crippen LogP contribution in [0.2, 0.25) is 0 Å². The lowest BCUT2D eigenvalue weighted by Crippen LogP contribution is -2.32. The first-order valence-corrected chi connectivity index (χ1v) is 8.91. The minimum atomic E-state index is -0.305. The molecule has 0 unspecified atom stereocenters. The number of benzene rings is 1. The smallest absolute Gasteiger partial charge is 0.252 e. The van der Waals surface area contributed by atoms with Gasteiger partial charge in [0.1, 0.15) is 0 Å². The minimum Gasteiger partial charge on any atom is -0.343 e. The molecule has 7 heteroatoms. The summed E-state index contributed by atoms with van der Waals surface area (Å²) in [7, 11) is 0. The van der Waals surface area contributed by atoms with Gasteiger partial charge in [0.15, 0.2) is 0 Å². The van der Waals surface area contributed by atoms with Gasteiger partial charge in [0.05, 0.1) is 13.1 Å². The van der Waals surface area contributed by atoms with Gasteiger partial charge in [0, 0.05) is 28.9 Å². The van der Waals surface area contributed by atoms with Crippen molar-refractivity contribution in [3.05, 3.63) is 87.0 Å². The van der Waals surface area contributed by atoms with Crippen molar-refractivity contribution in [1.29, 1.82) is 0 Å². The molecule has 6 nitrogen and oxygen atoms in total. The van der Waals surface area contributed by atoms with Crippen molar-refractivity contribution in [2.75, 3.05) is 11.9 Å². The van der Waals surface area contributed by atoms with Gasteiger partial charge in [0.25, 0.3) is 11.5 Å². The van der Waals surface area contributed by atoms with Crippen LogP contribution < -0.4 is 16.2 Å². The Morgan fingerprint density at radius 3 is 2.54 bits per heavy atom. The van der Waals surface area contributed by atoms with E-state index in [0.29, 0.717) is 17.8 Å². The van der Waals surface area contributed by atoms with E-state index < -0.39 is 0 Å². The van der Waals surface area contributed by atoms with Gasteiger partial charge in [-0.05, 0) is 35.2 Å². The molecule has 0 aliphatic rings. The first-order valence-electron chi connectivity index (χ1n) is 7.96. The van der Waals surface area contributed by atoms with E-state index in [9.17, 15) is 14.4 Å². The normalized spacial score (nSPS) is 10.3. The zero-order valence-electron chi connectivity index (χ0n) is 13.8. The van der Waals surface area contributed by atoms with Gasteiger partial charge in [-0.3, -0.25) is 14.4 Å². The molecule has 2 heterocycles. The Labute approximate surface area is 154 Å². The number of hydrogen-bond donors (Lipinski definition) is 2. The van der Waals surface area contributed by atoms with Crippen LogP contribution in [0.3, 0.4) is 0 Å². The fourth-order valence-corrected chi connectivity index (χ4v) is 2.98. The fourth-order valence-electron chi connectivity index (χ4n) is 2.34. The van der Waals surface area contributed by atoms with Crippen molar-refractivity contribution in [3.8, 4) is 0 Å². The Kier molecular flexibility index (Phi) is 5.60. The summed E-state index contributed by atoms with van der Waals surface area (Å²) in [6.07, 6.45) is 1.73. The van der Waals surface area contributed by atoms with Crippen LogP contribution >= 0.6 is 11.3 Å². The van der Waals surface area contributed by atoms with Gasteiger partial charge in [-0.25, -0.2) is 0 Å². The van der Waals surface area contributed by atoms with Crippen molar-refractivity contribution in [2.24, 2.45) is 0 Å². The Morgan fingerprint density at radius 1 is 1.04 bits per heavy atom. The first-order chi connectivity index (χ1) is 12.6. The number of nitrogens with one attached hydrogen (secondary N) is 2. The second-order valence-corrected chi connectivity index (χ2v) is 6.39. The number of pyridine rings is 1. The molecule has 1 aromatic carbocycles. The third kappa shape index (κ3) is 4.67. The fraction of sp³-hybridized carbons (Fsp3) is 0.105. The number of carbonyl (C=O) groups is 2. The van der Waals surface area contributed by atoms with Crippen molar-refractivity contribution in [2.45, 2.75) is 6.54 Å². The van der Waals surface area contributed by atoms with Crippen LogP contribution in [0.25, 0.3) is 0 Å². The van der Waals surface area contributed by atoms with Gasteiger partial charge in [-0.15, -0.1) is 0 Å². The van der Waals surface area contributed by atoms with Crippen molar-refractivity contribution < 1.29 is 9.59 Å². The lowest BCUT2D eigenvalue weighted by Gasteiger charge is -2.08. The summed E-state index contributed by atoms with van der Waals surface area (Å²) in [4.78, 5) is 35.5. The van der Waals surface area contributed by atoms with Crippen LogP contribution in [0, 0.1) is 0 Å². The Hall–Kier alpha value is -3.19. The summed E-state index contributed by atoms with van der Waals surface area (Å²) in [5.74, 6) is -0.578. The predicted octanol–water partition coefficient (Wildman–Crippen LogP) is 2.33. The summed E-state index contributed by atoms with van der Waals surface area (Å²) < 4.78 is 1.60. The standard InChI is InChI=1S/C19H17N3O3S/c23-17(11-20-19(25)15-8-10-26-13-15)21-16-6-4-14(5-7-16)12-22-9-2-1-3-18(22)24/h1-10,13H,11-12H2,(H,20,25)(H,21,23). The number of nitrogens with zero attached hydrogens (tertiary/aromatic N) is 1. The molecule has 0 bridgehead atoms. The number of carbonyl (C=O) groups excluding carboxylic acids is 2. The van der Waals surface area contributed by atoms with E-state index in [1.807, 2.05) is 12.1 Å². The van der Waals surface area contributed by atoms with Crippen LogP contribution in [-0.2, 0) is 11.3 Å². The molecule has 2 N–H and O–H groups in total. The molecule has 0 atom stereocenters. The zero-order valence-corrected chi connectivity index (χ0v) is 14.7. The largest absolute Gasteiger partial charge is 0.343 e. The summed E-state index contributed by atoms with van der Waals surface area (Å²) in [5, 5.41) is 8.83. The molecule has 0 aliphatic carbocycles. The molecule has 26 heavy (non-hydrogen) atoms. The molecule has 2 aromatic heterocycles. The number of aromatic nitrogens is 1. The van der Waals surface area contributed by atoms with Gasteiger partial charge >= 0.3 is 0 Å². The average Bonchev–Trinajstić information content (AvgIpc) is 3.18. The second kappa shape index (κ2) is 8.26. The Balaban J connectivity index is 1.52. The topological polar surface area (TPSA) is 80.2 Å². The highest BCUT2D eigenvalue weighted by atomic mass is 32.1. The van der Waals surface area contributed by atoms with Gasteiger partial charge in [-0.1, -0.05) is 18.2 Å². The van der Waals surface area contributed by atoms with Crippen LogP contribution in [-0.4, -0.2) is 22.9 Å². The molecule has 0 saturated heterocycles. The molecule has 0 spiro atoms. The first kappa shape index (κ1) is 17.6. The van der Waals surface area contributed by atoms with E-state index >= 15 is 0 Å². The second-order valence-electron chi connectivity index (χ2n) is 5.61. The number of rotatable bonds is 6. The van der Waals surface area contributed by atoms with Gasteiger partial charge in [-0.2, -0.15) is 11.3 Å². The highest BCUT2D eigenvalue weighted by Gasteiger charge is 2.08. The zero-order chi connectivity index (χ0) is 18.4. The summed E-state index contributed by atoms with van der Waals surface area (Å²) in [6, 6.07) is 13.9. The van der Waals surface area contributed by atoms with E-state index in [0.717, 1.165) is 5.56 Å². The molecule has 2 amide bonds. The highest BCUT2D eigenvalue weighted by molar-refractivity contribution is 7.08. The molecule has 3 rings (SSSR count).